The van der Waals surface area contributed by atoms with Crippen LogP contribution in [-0.4, -0.2) is 30.2 Å². The van der Waals surface area contributed by atoms with Gasteiger partial charge in [0.05, 0.1) is 17.9 Å². The van der Waals surface area contributed by atoms with Gasteiger partial charge in [-0.05, 0) is 40.5 Å². The molecule has 0 saturated carbocycles. The molecule has 2 atom stereocenters. The number of nitrogens with zero attached hydrogens (tertiary/aromatic N) is 2. The first kappa shape index (κ1) is 13.4. The summed E-state index contributed by atoms with van der Waals surface area (Å²) in [6.45, 7) is 8.43. The number of thiol groups is 1. The summed E-state index contributed by atoms with van der Waals surface area (Å²) in [5.74, 6) is 0. The zero-order valence-electron chi connectivity index (χ0n) is 10.2. The Labute approximate surface area is 102 Å². The van der Waals surface area contributed by atoms with Crippen molar-refractivity contribution < 1.29 is 4.74 Å². The van der Waals surface area contributed by atoms with Crippen molar-refractivity contribution in [3.8, 4) is 0 Å². The lowest BCUT2D eigenvalue weighted by molar-refractivity contribution is 0.104. The van der Waals surface area contributed by atoms with Gasteiger partial charge in [0.1, 0.15) is 0 Å². The Morgan fingerprint density at radius 1 is 1.56 bits per heavy atom. The third-order valence-electron chi connectivity index (χ3n) is 2.69. The van der Waals surface area contributed by atoms with E-state index in [0.29, 0.717) is 6.61 Å². The lowest BCUT2D eigenvalue weighted by atomic mass is 9.93. The molecule has 0 fully saturated rings. The van der Waals surface area contributed by atoms with E-state index in [4.69, 9.17) is 10.5 Å². The van der Waals surface area contributed by atoms with E-state index in [9.17, 15) is 0 Å². The fourth-order valence-electron chi connectivity index (χ4n) is 1.90. The summed E-state index contributed by atoms with van der Waals surface area (Å²) >= 11 is 3.99. The predicted molar refractivity (Wildman–Crippen MR) is 71.3 cm³/mol. The Balaban J connectivity index is 3.15. The third kappa shape index (κ3) is 2.53. The summed E-state index contributed by atoms with van der Waals surface area (Å²) in [6.07, 6.45) is -0.0567. The third-order valence-corrected chi connectivity index (χ3v) is 2.90. The summed E-state index contributed by atoms with van der Waals surface area (Å²) in [4.78, 5) is 4.42. The molecule has 16 heavy (non-hydrogen) atoms. The fraction of sp³-hybridized carbons (Fsp3) is 0.636. The van der Waals surface area contributed by atoms with Gasteiger partial charge in [0, 0.05) is 23.6 Å². The first-order valence-electron chi connectivity index (χ1n) is 5.38. The standard InChI is InChI=1S/C11H19N3OS/c1-5-15-8(4)9-6(2)13-7(3)10(12)11(9)14-16/h8,10,16H,5,12H2,1-4H3/b14-11-. The number of allylic oxidation sites excluding steroid dienone is 1. The molecule has 0 amide bonds. The van der Waals surface area contributed by atoms with Crippen LogP contribution in [-0.2, 0) is 4.74 Å². The molecule has 5 heteroatoms. The number of hydrogen-bond donors (Lipinski definition) is 2. The fourth-order valence-corrected chi connectivity index (χ4v) is 2.13. The summed E-state index contributed by atoms with van der Waals surface area (Å²) in [5.41, 5.74) is 9.50. The molecule has 1 aliphatic rings. The second-order valence-corrected chi connectivity index (χ2v) is 4.01. The predicted octanol–water partition coefficient (Wildman–Crippen LogP) is 1.77. The van der Waals surface area contributed by atoms with Gasteiger partial charge >= 0.3 is 0 Å². The van der Waals surface area contributed by atoms with E-state index in [1.165, 1.54) is 0 Å². The van der Waals surface area contributed by atoms with Crippen LogP contribution in [0.2, 0.25) is 0 Å². The average Bonchev–Trinajstić information content (AvgIpc) is 2.23. The van der Waals surface area contributed by atoms with Gasteiger partial charge in [0.2, 0.25) is 0 Å². The maximum atomic E-state index is 6.02. The molecule has 0 aromatic rings. The first-order valence-corrected chi connectivity index (χ1v) is 5.78. The summed E-state index contributed by atoms with van der Waals surface area (Å²) in [6, 6.07) is -0.279. The normalized spacial score (nSPS) is 26.0. The van der Waals surface area contributed by atoms with Crippen LogP contribution in [0.5, 0.6) is 0 Å². The van der Waals surface area contributed by atoms with Crippen molar-refractivity contribution in [1.82, 2.24) is 0 Å². The van der Waals surface area contributed by atoms with Crippen molar-refractivity contribution in [3.05, 3.63) is 11.3 Å². The van der Waals surface area contributed by atoms with Gasteiger partial charge < -0.3 is 10.5 Å². The highest BCUT2D eigenvalue weighted by molar-refractivity contribution is 7.79. The molecule has 0 aliphatic carbocycles. The molecule has 1 rings (SSSR count). The second-order valence-electron chi connectivity index (χ2n) is 3.81. The molecule has 0 aromatic carbocycles. The monoisotopic (exact) mass is 241 g/mol. The average molecular weight is 241 g/mol. The number of nitrogens with two attached hydrogens (primary N) is 1. The molecular formula is C11H19N3OS. The van der Waals surface area contributed by atoms with Crippen LogP contribution in [0.1, 0.15) is 27.7 Å². The van der Waals surface area contributed by atoms with Crippen molar-refractivity contribution in [2.75, 3.05) is 6.61 Å². The molecule has 0 bridgehead atoms. The molecule has 2 unspecified atom stereocenters. The Kier molecular flexibility index (Phi) is 4.70. The van der Waals surface area contributed by atoms with E-state index in [-0.39, 0.29) is 12.1 Å². The SMILES string of the molecule is CCOC(C)C1=C(C)N=C(C)C(N)/C1=N\S. The molecule has 0 spiro atoms. The van der Waals surface area contributed by atoms with Crippen molar-refractivity contribution in [2.45, 2.75) is 39.8 Å². The lowest BCUT2D eigenvalue weighted by Gasteiger charge is -2.26. The van der Waals surface area contributed by atoms with Gasteiger partial charge in [0.25, 0.3) is 0 Å². The van der Waals surface area contributed by atoms with Crippen LogP contribution in [0.4, 0.5) is 0 Å². The summed E-state index contributed by atoms with van der Waals surface area (Å²) in [7, 11) is 0. The van der Waals surface area contributed by atoms with Crippen molar-refractivity contribution in [1.29, 1.82) is 0 Å². The molecule has 90 valence electrons. The van der Waals surface area contributed by atoms with Gasteiger partial charge in [-0.25, -0.2) is 4.40 Å². The van der Waals surface area contributed by atoms with E-state index in [0.717, 1.165) is 22.7 Å². The number of rotatable bonds is 3. The number of ether oxygens (including phenoxy) is 1. The maximum Gasteiger partial charge on any atom is 0.0868 e. The maximum absolute atomic E-state index is 6.02. The minimum Gasteiger partial charge on any atom is -0.374 e. The van der Waals surface area contributed by atoms with E-state index < -0.39 is 0 Å². The van der Waals surface area contributed by atoms with E-state index >= 15 is 0 Å². The van der Waals surface area contributed by atoms with E-state index in [2.05, 4.69) is 22.2 Å². The van der Waals surface area contributed by atoms with E-state index in [1.807, 2.05) is 27.7 Å². The Morgan fingerprint density at radius 2 is 2.19 bits per heavy atom. The highest BCUT2D eigenvalue weighted by atomic mass is 32.1. The van der Waals surface area contributed by atoms with E-state index in [1.54, 1.807) is 0 Å². The highest BCUT2D eigenvalue weighted by Crippen LogP contribution is 2.22. The molecule has 1 aliphatic heterocycles. The van der Waals surface area contributed by atoms with Crippen molar-refractivity contribution >= 4 is 24.2 Å². The van der Waals surface area contributed by atoms with Gasteiger partial charge in [-0.2, -0.15) is 0 Å². The van der Waals surface area contributed by atoms with Gasteiger partial charge in [-0.1, -0.05) is 0 Å². The zero-order chi connectivity index (χ0) is 12.3. The van der Waals surface area contributed by atoms with Crippen molar-refractivity contribution in [2.24, 2.45) is 15.1 Å². The van der Waals surface area contributed by atoms with Crippen LogP contribution >= 0.6 is 12.8 Å². The Morgan fingerprint density at radius 3 is 2.69 bits per heavy atom. The smallest absolute Gasteiger partial charge is 0.0868 e. The second kappa shape index (κ2) is 5.61. The van der Waals surface area contributed by atoms with Crippen LogP contribution < -0.4 is 5.73 Å². The Hall–Kier alpha value is -0.650. The lowest BCUT2D eigenvalue weighted by Crippen LogP contribution is -2.43. The number of aliphatic imine (C=N–C) groups is 1. The van der Waals surface area contributed by atoms with Crippen LogP contribution in [0.25, 0.3) is 0 Å². The summed E-state index contributed by atoms with van der Waals surface area (Å²) in [5, 5.41) is 0. The minimum absolute atomic E-state index is 0.0567. The molecule has 1 heterocycles. The largest absolute Gasteiger partial charge is 0.374 e. The van der Waals surface area contributed by atoms with Gasteiger partial charge in [0.15, 0.2) is 0 Å². The molecule has 4 nitrogen and oxygen atoms in total. The quantitative estimate of drug-likeness (QED) is 0.740. The first-order chi connectivity index (χ1) is 7.52. The number of hydrogen-bond acceptors (Lipinski definition) is 5. The Bertz CT molecular complexity index is 360. The molecule has 0 aromatic heterocycles. The molecule has 2 N–H and O–H groups in total. The highest BCUT2D eigenvalue weighted by Gasteiger charge is 2.28. The van der Waals surface area contributed by atoms with Gasteiger partial charge in [-0.15, -0.1) is 0 Å². The van der Waals surface area contributed by atoms with Crippen LogP contribution in [0.3, 0.4) is 0 Å². The summed E-state index contributed by atoms with van der Waals surface area (Å²) < 4.78 is 9.55. The molecule has 0 saturated heterocycles. The van der Waals surface area contributed by atoms with Crippen LogP contribution in [0.15, 0.2) is 20.7 Å². The van der Waals surface area contributed by atoms with Gasteiger partial charge in [-0.3, -0.25) is 4.99 Å². The molecule has 0 radical (unpaired) electrons. The van der Waals surface area contributed by atoms with Crippen LogP contribution in [0, 0.1) is 0 Å². The topological polar surface area (TPSA) is 60.0 Å². The van der Waals surface area contributed by atoms with Crippen molar-refractivity contribution in [3.63, 3.8) is 0 Å². The molecular weight excluding hydrogens is 222 g/mol. The minimum atomic E-state index is -0.279. The zero-order valence-corrected chi connectivity index (χ0v) is 11.1.